The molecule has 0 unspecified atom stereocenters. The van der Waals surface area contributed by atoms with E-state index in [4.69, 9.17) is 16.3 Å². The fourth-order valence-electron chi connectivity index (χ4n) is 3.68. The molecular formula is C19H22ClF4N3O3. The van der Waals surface area contributed by atoms with Gasteiger partial charge in [-0.2, -0.15) is 13.2 Å². The molecule has 0 radical (unpaired) electrons. The van der Waals surface area contributed by atoms with Crippen molar-refractivity contribution in [3.05, 3.63) is 34.6 Å². The minimum atomic E-state index is -4.41. The molecule has 2 fully saturated rings. The lowest BCUT2D eigenvalue weighted by molar-refractivity contribution is -0.198. The summed E-state index contributed by atoms with van der Waals surface area (Å²) in [4.78, 5) is 26.0. The van der Waals surface area contributed by atoms with Crippen molar-refractivity contribution in [2.24, 2.45) is 5.92 Å². The molecule has 1 saturated carbocycles. The molecule has 0 bridgehead atoms. The molecule has 1 aromatic rings. The van der Waals surface area contributed by atoms with Crippen molar-refractivity contribution in [1.29, 1.82) is 0 Å². The third kappa shape index (κ3) is 5.34. The van der Waals surface area contributed by atoms with Crippen molar-refractivity contribution in [2.75, 3.05) is 19.7 Å². The maximum atomic E-state index is 13.6. The average molecular weight is 452 g/mol. The number of amides is 3. The Kier molecular flexibility index (Phi) is 6.76. The van der Waals surface area contributed by atoms with E-state index in [1.807, 2.05) is 0 Å². The molecular weight excluding hydrogens is 430 g/mol. The predicted molar refractivity (Wildman–Crippen MR) is 100 cm³/mol. The molecule has 0 spiro atoms. The van der Waals surface area contributed by atoms with Gasteiger partial charge in [0, 0.05) is 13.1 Å². The molecule has 1 aromatic carbocycles. The van der Waals surface area contributed by atoms with E-state index in [1.165, 1.54) is 23.1 Å². The van der Waals surface area contributed by atoms with E-state index < -0.39 is 42.8 Å². The van der Waals surface area contributed by atoms with Gasteiger partial charge in [0.25, 0.3) is 0 Å². The Morgan fingerprint density at radius 1 is 1.40 bits per heavy atom. The van der Waals surface area contributed by atoms with Gasteiger partial charge in [-0.3, -0.25) is 4.79 Å². The maximum absolute atomic E-state index is 13.6. The standard InChI is InChI=1S/C19H22ClF4N3O3/c1-10-17(28)25-4-5-27(10)18(29)26-16(11-2-3-15(21)14(20)8-11)12-6-13(7-12)30-9-19(22,23)24/h2-3,8,10,12-13,16H,4-7,9H2,1H3,(H,25,28)(H,26,29)/t10-,12-,13+,16+/m1/s1. The van der Waals surface area contributed by atoms with Gasteiger partial charge < -0.3 is 20.3 Å². The summed E-state index contributed by atoms with van der Waals surface area (Å²) in [5.41, 5.74) is 0.531. The number of rotatable bonds is 5. The van der Waals surface area contributed by atoms with Crippen LogP contribution >= 0.6 is 11.6 Å². The van der Waals surface area contributed by atoms with Gasteiger partial charge in [-0.05, 0) is 43.4 Å². The molecule has 2 aliphatic rings. The van der Waals surface area contributed by atoms with E-state index in [9.17, 15) is 27.2 Å². The summed E-state index contributed by atoms with van der Waals surface area (Å²) in [5.74, 6) is -1.11. The van der Waals surface area contributed by atoms with Crippen LogP contribution in [0.4, 0.5) is 22.4 Å². The van der Waals surface area contributed by atoms with Gasteiger partial charge >= 0.3 is 12.2 Å². The zero-order valence-corrected chi connectivity index (χ0v) is 16.9. The van der Waals surface area contributed by atoms with E-state index in [0.717, 1.165) is 0 Å². The number of hydrogen-bond donors (Lipinski definition) is 2. The molecule has 1 saturated heterocycles. The second-order valence-electron chi connectivity index (χ2n) is 7.54. The Hall–Kier alpha value is -2.07. The number of alkyl halides is 3. The van der Waals surface area contributed by atoms with Crippen molar-refractivity contribution < 1.29 is 31.9 Å². The normalized spacial score (nSPS) is 25.3. The lowest BCUT2D eigenvalue weighted by Gasteiger charge is -2.42. The fourth-order valence-corrected chi connectivity index (χ4v) is 3.87. The fraction of sp³-hybridized carbons (Fsp3) is 0.579. The zero-order chi connectivity index (χ0) is 22.1. The number of carbonyl (C=O) groups excluding carboxylic acids is 2. The summed E-state index contributed by atoms with van der Waals surface area (Å²) in [5, 5.41) is 5.38. The second kappa shape index (κ2) is 8.97. The van der Waals surface area contributed by atoms with Crippen LogP contribution in [0.1, 0.15) is 31.4 Å². The molecule has 0 aromatic heterocycles. The van der Waals surface area contributed by atoms with Gasteiger partial charge in [0.1, 0.15) is 18.5 Å². The van der Waals surface area contributed by atoms with Crippen LogP contribution in [-0.4, -0.2) is 54.9 Å². The summed E-state index contributed by atoms with van der Waals surface area (Å²) in [7, 11) is 0. The molecule has 3 amide bonds. The molecule has 2 N–H and O–H groups in total. The molecule has 1 aliphatic heterocycles. The predicted octanol–water partition coefficient (Wildman–Crippen LogP) is 3.41. The SMILES string of the molecule is C[C@@H]1C(=O)NCCN1C(=O)N[C@@H](c1ccc(F)c(Cl)c1)[C@H]1C[C@@H](OCC(F)(F)F)C1. The Morgan fingerprint density at radius 3 is 2.73 bits per heavy atom. The third-order valence-electron chi connectivity index (χ3n) is 5.43. The third-order valence-corrected chi connectivity index (χ3v) is 5.72. The van der Waals surface area contributed by atoms with Crippen LogP contribution in [0.25, 0.3) is 0 Å². The molecule has 1 heterocycles. The number of urea groups is 1. The van der Waals surface area contributed by atoms with Crippen LogP contribution in [0.5, 0.6) is 0 Å². The van der Waals surface area contributed by atoms with Gasteiger partial charge in [-0.1, -0.05) is 17.7 Å². The minimum Gasteiger partial charge on any atom is -0.369 e. The first kappa shape index (κ1) is 22.6. The van der Waals surface area contributed by atoms with Crippen LogP contribution < -0.4 is 10.6 Å². The summed E-state index contributed by atoms with van der Waals surface area (Å²) in [6.07, 6.45) is -4.39. The van der Waals surface area contributed by atoms with E-state index in [2.05, 4.69) is 10.6 Å². The highest BCUT2D eigenvalue weighted by molar-refractivity contribution is 6.30. The molecule has 1 aliphatic carbocycles. The number of piperazine rings is 1. The van der Waals surface area contributed by atoms with Crippen LogP contribution in [0, 0.1) is 11.7 Å². The largest absolute Gasteiger partial charge is 0.411 e. The van der Waals surface area contributed by atoms with E-state index in [0.29, 0.717) is 31.5 Å². The van der Waals surface area contributed by atoms with Gasteiger partial charge in [-0.25, -0.2) is 9.18 Å². The first-order valence-corrected chi connectivity index (χ1v) is 9.91. The van der Waals surface area contributed by atoms with Crippen LogP contribution in [-0.2, 0) is 9.53 Å². The van der Waals surface area contributed by atoms with Crippen molar-refractivity contribution >= 4 is 23.5 Å². The summed E-state index contributed by atoms with van der Waals surface area (Å²) in [6.45, 7) is 0.907. The first-order chi connectivity index (χ1) is 14.0. The number of nitrogens with zero attached hydrogens (tertiary/aromatic N) is 1. The Balaban J connectivity index is 1.71. The smallest absolute Gasteiger partial charge is 0.369 e. The zero-order valence-electron chi connectivity index (χ0n) is 16.1. The maximum Gasteiger partial charge on any atom is 0.411 e. The number of ether oxygens (including phenoxy) is 1. The molecule has 2 atom stereocenters. The Labute approximate surface area is 175 Å². The van der Waals surface area contributed by atoms with Gasteiger partial charge in [-0.15, -0.1) is 0 Å². The van der Waals surface area contributed by atoms with Gasteiger partial charge in [0.2, 0.25) is 5.91 Å². The minimum absolute atomic E-state index is 0.123. The second-order valence-corrected chi connectivity index (χ2v) is 7.95. The lowest BCUT2D eigenvalue weighted by Crippen LogP contribution is -2.59. The van der Waals surface area contributed by atoms with Crippen LogP contribution in [0.2, 0.25) is 5.02 Å². The van der Waals surface area contributed by atoms with Crippen molar-refractivity contribution in [1.82, 2.24) is 15.5 Å². The van der Waals surface area contributed by atoms with Gasteiger partial charge in [0.15, 0.2) is 0 Å². The molecule has 166 valence electrons. The Bertz CT molecular complexity index is 802. The summed E-state index contributed by atoms with van der Waals surface area (Å²) in [6, 6.07) is 2.27. The molecule has 11 heteroatoms. The van der Waals surface area contributed by atoms with Crippen molar-refractivity contribution in [2.45, 2.75) is 44.1 Å². The van der Waals surface area contributed by atoms with E-state index in [-0.39, 0.29) is 16.8 Å². The highest BCUT2D eigenvalue weighted by atomic mass is 35.5. The number of halogens is 5. The first-order valence-electron chi connectivity index (χ1n) is 9.53. The van der Waals surface area contributed by atoms with Gasteiger partial charge in [0.05, 0.1) is 17.2 Å². The number of nitrogens with one attached hydrogen (secondary N) is 2. The quantitative estimate of drug-likeness (QED) is 0.674. The number of hydrogen-bond acceptors (Lipinski definition) is 3. The average Bonchev–Trinajstić information content (AvgIpc) is 2.63. The van der Waals surface area contributed by atoms with E-state index >= 15 is 0 Å². The van der Waals surface area contributed by atoms with Crippen LogP contribution in [0.3, 0.4) is 0 Å². The molecule has 6 nitrogen and oxygen atoms in total. The highest BCUT2D eigenvalue weighted by Gasteiger charge is 2.41. The Morgan fingerprint density at radius 2 is 2.10 bits per heavy atom. The molecule has 3 rings (SSSR count). The van der Waals surface area contributed by atoms with Crippen LogP contribution in [0.15, 0.2) is 18.2 Å². The topological polar surface area (TPSA) is 70.7 Å². The summed E-state index contributed by atoms with van der Waals surface area (Å²) < 4.78 is 55.5. The lowest BCUT2D eigenvalue weighted by atomic mass is 9.75. The molecule has 30 heavy (non-hydrogen) atoms. The van der Waals surface area contributed by atoms with E-state index in [1.54, 1.807) is 6.92 Å². The van der Waals surface area contributed by atoms with Crippen molar-refractivity contribution in [3.8, 4) is 0 Å². The number of benzene rings is 1. The number of carbonyl (C=O) groups is 2. The monoisotopic (exact) mass is 451 g/mol. The summed E-state index contributed by atoms with van der Waals surface area (Å²) >= 11 is 5.88. The highest BCUT2D eigenvalue weighted by Crippen LogP contribution is 2.41. The van der Waals surface area contributed by atoms with Crippen molar-refractivity contribution in [3.63, 3.8) is 0 Å².